The Bertz CT molecular complexity index is 533. The Morgan fingerprint density at radius 2 is 2.05 bits per heavy atom. The highest BCUT2D eigenvalue weighted by Crippen LogP contribution is 2.03. The zero-order valence-corrected chi connectivity index (χ0v) is 11.2. The van der Waals surface area contributed by atoms with Gasteiger partial charge in [0.2, 0.25) is 0 Å². The van der Waals surface area contributed by atoms with E-state index < -0.39 is 0 Å². The van der Waals surface area contributed by atoms with Gasteiger partial charge in [-0.3, -0.25) is 4.79 Å². The Morgan fingerprint density at radius 3 is 2.74 bits per heavy atom. The van der Waals surface area contributed by atoms with Crippen molar-refractivity contribution in [2.24, 2.45) is 5.92 Å². The molecular weight excluding hydrogens is 240 g/mol. The normalized spacial score (nSPS) is 10.7. The predicted molar refractivity (Wildman–Crippen MR) is 72.5 cm³/mol. The lowest BCUT2D eigenvalue weighted by Crippen LogP contribution is -2.26. The maximum atomic E-state index is 11.8. The molecule has 0 aliphatic rings. The van der Waals surface area contributed by atoms with Crippen molar-refractivity contribution in [1.29, 1.82) is 0 Å². The Labute approximate surface area is 112 Å². The van der Waals surface area contributed by atoms with E-state index in [0.29, 0.717) is 18.2 Å². The number of nitrogens with zero attached hydrogens (tertiary/aromatic N) is 3. The highest BCUT2D eigenvalue weighted by atomic mass is 16.1. The van der Waals surface area contributed by atoms with E-state index in [9.17, 15) is 4.79 Å². The van der Waals surface area contributed by atoms with Gasteiger partial charge in [-0.2, -0.15) is 0 Å². The van der Waals surface area contributed by atoms with Crippen LogP contribution in [0.2, 0.25) is 0 Å². The van der Waals surface area contributed by atoms with Crippen LogP contribution in [0.3, 0.4) is 0 Å². The molecule has 1 aromatic heterocycles. The van der Waals surface area contributed by atoms with Crippen molar-refractivity contribution in [3.63, 3.8) is 0 Å². The van der Waals surface area contributed by atoms with E-state index in [1.807, 2.05) is 24.4 Å². The third-order valence-electron chi connectivity index (χ3n) is 2.64. The highest BCUT2D eigenvalue weighted by molar-refractivity contribution is 5.93. The van der Waals surface area contributed by atoms with Crippen LogP contribution in [0.5, 0.6) is 0 Å². The molecule has 2 aromatic rings. The zero-order valence-electron chi connectivity index (χ0n) is 11.2. The molecule has 5 heteroatoms. The first-order valence-corrected chi connectivity index (χ1v) is 6.37. The van der Waals surface area contributed by atoms with Crippen molar-refractivity contribution in [2.75, 3.05) is 0 Å². The molecule has 0 unspecified atom stereocenters. The van der Waals surface area contributed by atoms with E-state index in [1.165, 1.54) is 0 Å². The number of nitrogens with one attached hydrogen (secondary N) is 1. The van der Waals surface area contributed by atoms with Crippen molar-refractivity contribution in [1.82, 2.24) is 20.3 Å². The molecule has 5 nitrogen and oxygen atoms in total. The Kier molecular flexibility index (Phi) is 4.28. The van der Waals surface area contributed by atoms with Crippen molar-refractivity contribution < 1.29 is 4.79 Å². The van der Waals surface area contributed by atoms with Crippen molar-refractivity contribution in [2.45, 2.75) is 26.9 Å². The molecule has 100 valence electrons. The molecule has 1 aromatic carbocycles. The molecule has 0 spiro atoms. The van der Waals surface area contributed by atoms with Gasteiger partial charge in [0.25, 0.3) is 5.91 Å². The van der Waals surface area contributed by atoms with Gasteiger partial charge in [-0.1, -0.05) is 37.3 Å². The number of hydrogen-bond donors (Lipinski definition) is 1. The quantitative estimate of drug-likeness (QED) is 0.890. The second-order valence-corrected chi connectivity index (χ2v) is 4.88. The molecule has 0 aliphatic carbocycles. The van der Waals surface area contributed by atoms with Crippen molar-refractivity contribution in [3.05, 3.63) is 47.8 Å². The van der Waals surface area contributed by atoms with Gasteiger partial charge < -0.3 is 5.32 Å². The minimum absolute atomic E-state index is 0.110. The summed E-state index contributed by atoms with van der Waals surface area (Å²) in [6.07, 6.45) is 2.76. The first kappa shape index (κ1) is 13.3. The van der Waals surface area contributed by atoms with Gasteiger partial charge in [0, 0.05) is 5.56 Å². The summed E-state index contributed by atoms with van der Waals surface area (Å²) in [6, 6.07) is 9.12. The molecule has 2 rings (SSSR count). The van der Waals surface area contributed by atoms with Crippen LogP contribution in [0.4, 0.5) is 0 Å². The number of carbonyl (C=O) groups excluding carboxylic acids is 1. The molecule has 1 N–H and O–H groups in total. The number of carbonyl (C=O) groups is 1. The van der Waals surface area contributed by atoms with Crippen LogP contribution in [0.15, 0.2) is 36.5 Å². The van der Waals surface area contributed by atoms with Gasteiger partial charge in [0.05, 0.1) is 11.9 Å². The van der Waals surface area contributed by atoms with Gasteiger partial charge in [0.1, 0.15) is 6.67 Å². The maximum Gasteiger partial charge on any atom is 0.252 e. The van der Waals surface area contributed by atoms with Gasteiger partial charge in [-0.25, -0.2) is 4.68 Å². The van der Waals surface area contributed by atoms with E-state index in [0.717, 1.165) is 12.1 Å². The largest absolute Gasteiger partial charge is 0.333 e. The SMILES string of the molecule is CC(C)Cc1cn(CNC(=O)c2ccccc2)nn1. The maximum absolute atomic E-state index is 11.8. The Hall–Kier alpha value is -2.17. The van der Waals surface area contributed by atoms with Crippen LogP contribution in [-0.4, -0.2) is 20.9 Å². The van der Waals surface area contributed by atoms with E-state index in [-0.39, 0.29) is 5.91 Å². The van der Waals surface area contributed by atoms with Crippen LogP contribution >= 0.6 is 0 Å². The molecule has 0 saturated carbocycles. The van der Waals surface area contributed by atoms with Crippen molar-refractivity contribution in [3.8, 4) is 0 Å². The summed E-state index contributed by atoms with van der Waals surface area (Å²) in [5.41, 5.74) is 1.59. The third kappa shape index (κ3) is 3.91. The third-order valence-corrected chi connectivity index (χ3v) is 2.64. The standard InChI is InChI=1S/C14H18N4O/c1-11(2)8-13-9-18(17-16-13)10-15-14(19)12-6-4-3-5-7-12/h3-7,9,11H,8,10H2,1-2H3,(H,15,19). The number of hydrogen-bond acceptors (Lipinski definition) is 3. The fourth-order valence-electron chi connectivity index (χ4n) is 1.77. The Balaban J connectivity index is 1.89. The smallest absolute Gasteiger partial charge is 0.252 e. The van der Waals surface area contributed by atoms with E-state index in [1.54, 1.807) is 16.8 Å². The molecule has 1 amide bonds. The topological polar surface area (TPSA) is 59.8 Å². The van der Waals surface area contributed by atoms with Gasteiger partial charge in [-0.15, -0.1) is 5.10 Å². The molecule has 1 heterocycles. The minimum Gasteiger partial charge on any atom is -0.333 e. The lowest BCUT2D eigenvalue weighted by Gasteiger charge is -2.04. The van der Waals surface area contributed by atoms with E-state index in [4.69, 9.17) is 0 Å². The fraction of sp³-hybridized carbons (Fsp3) is 0.357. The van der Waals surface area contributed by atoms with E-state index in [2.05, 4.69) is 29.5 Å². The molecule has 0 atom stereocenters. The van der Waals surface area contributed by atoms with E-state index >= 15 is 0 Å². The number of rotatable bonds is 5. The predicted octanol–water partition coefficient (Wildman–Crippen LogP) is 1.86. The fourth-order valence-corrected chi connectivity index (χ4v) is 1.77. The molecule has 0 fully saturated rings. The molecule has 19 heavy (non-hydrogen) atoms. The average Bonchev–Trinajstić information content (AvgIpc) is 2.84. The van der Waals surface area contributed by atoms with Crippen LogP contribution in [0.25, 0.3) is 0 Å². The summed E-state index contributed by atoms with van der Waals surface area (Å²) < 4.78 is 1.64. The van der Waals surface area contributed by atoms with Gasteiger partial charge in [0.15, 0.2) is 0 Å². The molecule has 0 saturated heterocycles. The summed E-state index contributed by atoms with van der Waals surface area (Å²) in [6.45, 7) is 4.60. The number of benzene rings is 1. The lowest BCUT2D eigenvalue weighted by molar-refractivity contribution is 0.0939. The summed E-state index contributed by atoms with van der Waals surface area (Å²) in [5.74, 6) is 0.436. The summed E-state index contributed by atoms with van der Waals surface area (Å²) >= 11 is 0. The summed E-state index contributed by atoms with van der Waals surface area (Å²) in [7, 11) is 0. The molecular formula is C14H18N4O. The molecule has 0 radical (unpaired) electrons. The highest BCUT2D eigenvalue weighted by Gasteiger charge is 2.06. The molecule has 0 aliphatic heterocycles. The second kappa shape index (κ2) is 6.13. The number of amides is 1. The van der Waals surface area contributed by atoms with Gasteiger partial charge >= 0.3 is 0 Å². The van der Waals surface area contributed by atoms with Crippen LogP contribution < -0.4 is 5.32 Å². The van der Waals surface area contributed by atoms with Crippen LogP contribution in [-0.2, 0) is 13.1 Å². The van der Waals surface area contributed by atoms with Crippen molar-refractivity contribution >= 4 is 5.91 Å². The zero-order chi connectivity index (χ0) is 13.7. The minimum atomic E-state index is -0.110. The summed E-state index contributed by atoms with van der Waals surface area (Å²) in [4.78, 5) is 11.8. The average molecular weight is 258 g/mol. The Morgan fingerprint density at radius 1 is 1.32 bits per heavy atom. The monoisotopic (exact) mass is 258 g/mol. The lowest BCUT2D eigenvalue weighted by atomic mass is 10.1. The molecule has 0 bridgehead atoms. The number of aromatic nitrogens is 3. The first-order valence-electron chi connectivity index (χ1n) is 6.37. The first-order chi connectivity index (χ1) is 9.15. The van der Waals surface area contributed by atoms with Gasteiger partial charge in [-0.05, 0) is 24.5 Å². The summed E-state index contributed by atoms with van der Waals surface area (Å²) in [5, 5.41) is 10.9. The second-order valence-electron chi connectivity index (χ2n) is 4.88. The van der Waals surface area contributed by atoms with Crippen LogP contribution in [0.1, 0.15) is 29.9 Å². The van der Waals surface area contributed by atoms with Crippen LogP contribution in [0, 0.1) is 5.92 Å².